The van der Waals surface area contributed by atoms with Crippen LogP contribution in [0.4, 0.5) is 0 Å². The molecular formula is C9H16N4. The lowest BCUT2D eigenvalue weighted by molar-refractivity contribution is 0.216. The molecule has 0 bridgehead atoms. The predicted molar refractivity (Wildman–Crippen MR) is 50.3 cm³/mol. The van der Waals surface area contributed by atoms with E-state index in [1.807, 2.05) is 6.92 Å². The summed E-state index contributed by atoms with van der Waals surface area (Å²) in [7, 11) is 0. The summed E-state index contributed by atoms with van der Waals surface area (Å²) in [6, 6.07) is 0. The quantitative estimate of drug-likeness (QED) is 0.675. The normalized spacial score (nSPS) is 17.4. The van der Waals surface area contributed by atoms with Crippen molar-refractivity contribution in [3.05, 3.63) is 11.6 Å². The van der Waals surface area contributed by atoms with E-state index >= 15 is 0 Å². The Hall–Kier alpha value is -0.900. The lowest BCUT2D eigenvalue weighted by Gasteiger charge is -2.26. The standard InChI is InChI=1S/C9H16N4/c1-3-4-12-5-6-13-8(2)10-11-9(13)7-12/h3-7H2,1-2H3. The van der Waals surface area contributed by atoms with E-state index in [2.05, 4.69) is 26.6 Å². The van der Waals surface area contributed by atoms with Gasteiger partial charge in [0.15, 0.2) is 0 Å². The largest absolute Gasteiger partial charge is 0.313 e. The Morgan fingerprint density at radius 2 is 2.15 bits per heavy atom. The molecule has 1 aliphatic heterocycles. The smallest absolute Gasteiger partial charge is 0.147 e. The van der Waals surface area contributed by atoms with Gasteiger partial charge in [-0.3, -0.25) is 4.90 Å². The Morgan fingerprint density at radius 3 is 2.92 bits per heavy atom. The summed E-state index contributed by atoms with van der Waals surface area (Å²) in [5.74, 6) is 2.17. The maximum atomic E-state index is 4.16. The second kappa shape index (κ2) is 3.46. The lowest BCUT2D eigenvalue weighted by atomic mass is 10.3. The first-order valence-electron chi connectivity index (χ1n) is 4.92. The molecule has 72 valence electrons. The topological polar surface area (TPSA) is 34.0 Å². The van der Waals surface area contributed by atoms with Crippen molar-refractivity contribution < 1.29 is 0 Å². The average molecular weight is 180 g/mol. The zero-order valence-electron chi connectivity index (χ0n) is 8.32. The first kappa shape index (κ1) is 8.69. The van der Waals surface area contributed by atoms with E-state index in [1.165, 1.54) is 13.0 Å². The van der Waals surface area contributed by atoms with Crippen LogP contribution in [0.2, 0.25) is 0 Å². The fourth-order valence-electron chi connectivity index (χ4n) is 1.86. The molecule has 0 N–H and O–H groups in total. The van der Waals surface area contributed by atoms with Gasteiger partial charge in [0.05, 0.1) is 6.54 Å². The van der Waals surface area contributed by atoms with Crippen molar-refractivity contribution in [3.63, 3.8) is 0 Å². The maximum absolute atomic E-state index is 4.16. The van der Waals surface area contributed by atoms with Gasteiger partial charge in [-0.2, -0.15) is 0 Å². The minimum Gasteiger partial charge on any atom is -0.313 e. The zero-order chi connectivity index (χ0) is 9.26. The van der Waals surface area contributed by atoms with Crippen LogP contribution >= 0.6 is 0 Å². The molecule has 0 unspecified atom stereocenters. The SMILES string of the molecule is CCCN1CCn2c(C)nnc2C1. The van der Waals surface area contributed by atoms with Gasteiger partial charge in [-0.25, -0.2) is 0 Å². The van der Waals surface area contributed by atoms with Gasteiger partial charge in [0.25, 0.3) is 0 Å². The van der Waals surface area contributed by atoms with Gasteiger partial charge in [0, 0.05) is 13.1 Å². The number of nitrogens with zero attached hydrogens (tertiary/aromatic N) is 4. The number of rotatable bonds is 2. The number of fused-ring (bicyclic) bond motifs is 1. The molecule has 4 heteroatoms. The number of hydrogen-bond donors (Lipinski definition) is 0. The Balaban J connectivity index is 2.11. The molecule has 0 saturated carbocycles. The molecule has 1 aromatic rings. The van der Waals surface area contributed by atoms with E-state index in [1.54, 1.807) is 0 Å². The summed E-state index contributed by atoms with van der Waals surface area (Å²) >= 11 is 0. The van der Waals surface area contributed by atoms with Crippen LogP contribution in [-0.4, -0.2) is 32.8 Å². The van der Waals surface area contributed by atoms with Crippen LogP contribution in [-0.2, 0) is 13.1 Å². The average Bonchev–Trinajstić information content (AvgIpc) is 2.48. The van der Waals surface area contributed by atoms with Crippen molar-refractivity contribution in [2.75, 3.05) is 13.1 Å². The van der Waals surface area contributed by atoms with Crippen molar-refractivity contribution in [3.8, 4) is 0 Å². The summed E-state index contributed by atoms with van der Waals surface area (Å²) in [5.41, 5.74) is 0. The first-order valence-corrected chi connectivity index (χ1v) is 4.92. The van der Waals surface area contributed by atoms with E-state index in [4.69, 9.17) is 0 Å². The van der Waals surface area contributed by atoms with E-state index in [0.717, 1.165) is 31.3 Å². The fourth-order valence-corrected chi connectivity index (χ4v) is 1.86. The molecule has 0 aliphatic carbocycles. The molecule has 13 heavy (non-hydrogen) atoms. The molecule has 4 nitrogen and oxygen atoms in total. The molecule has 0 atom stereocenters. The highest BCUT2D eigenvalue weighted by atomic mass is 15.3. The summed E-state index contributed by atoms with van der Waals surface area (Å²) in [4.78, 5) is 2.43. The van der Waals surface area contributed by atoms with Crippen LogP contribution in [0.3, 0.4) is 0 Å². The maximum Gasteiger partial charge on any atom is 0.147 e. The number of aryl methyl sites for hydroxylation is 1. The van der Waals surface area contributed by atoms with Crippen molar-refractivity contribution in [1.29, 1.82) is 0 Å². The van der Waals surface area contributed by atoms with Crippen LogP contribution in [0.15, 0.2) is 0 Å². The van der Waals surface area contributed by atoms with Crippen LogP contribution in [0, 0.1) is 6.92 Å². The van der Waals surface area contributed by atoms with Gasteiger partial charge in [-0.1, -0.05) is 6.92 Å². The molecule has 2 heterocycles. The summed E-state index contributed by atoms with van der Waals surface area (Å²) in [6.07, 6.45) is 1.22. The Kier molecular flexibility index (Phi) is 2.31. The second-order valence-corrected chi connectivity index (χ2v) is 3.59. The Morgan fingerprint density at radius 1 is 1.31 bits per heavy atom. The van der Waals surface area contributed by atoms with Gasteiger partial charge < -0.3 is 4.57 Å². The van der Waals surface area contributed by atoms with E-state index in [9.17, 15) is 0 Å². The van der Waals surface area contributed by atoms with Gasteiger partial charge >= 0.3 is 0 Å². The van der Waals surface area contributed by atoms with E-state index in [-0.39, 0.29) is 0 Å². The molecule has 0 saturated heterocycles. The second-order valence-electron chi connectivity index (χ2n) is 3.59. The molecule has 0 amide bonds. The molecule has 1 aromatic heterocycles. The van der Waals surface area contributed by atoms with Crippen LogP contribution in [0.5, 0.6) is 0 Å². The van der Waals surface area contributed by atoms with Gasteiger partial charge in [0.1, 0.15) is 11.6 Å². The molecule has 2 rings (SSSR count). The van der Waals surface area contributed by atoms with Crippen LogP contribution in [0.25, 0.3) is 0 Å². The minimum atomic E-state index is 0.967. The minimum absolute atomic E-state index is 0.967. The summed E-state index contributed by atoms with van der Waals surface area (Å²) < 4.78 is 2.21. The highest BCUT2D eigenvalue weighted by molar-refractivity contribution is 4.96. The van der Waals surface area contributed by atoms with Gasteiger partial charge in [0.2, 0.25) is 0 Å². The molecule has 0 fully saturated rings. The summed E-state index contributed by atoms with van der Waals surface area (Å²) in [5, 5.41) is 8.24. The predicted octanol–water partition coefficient (Wildman–Crippen LogP) is 0.812. The zero-order valence-corrected chi connectivity index (χ0v) is 8.32. The molecule has 0 radical (unpaired) electrons. The van der Waals surface area contributed by atoms with Crippen LogP contribution < -0.4 is 0 Å². The monoisotopic (exact) mass is 180 g/mol. The lowest BCUT2D eigenvalue weighted by Crippen LogP contribution is -2.34. The Bertz CT molecular complexity index is 292. The number of hydrogen-bond acceptors (Lipinski definition) is 3. The van der Waals surface area contributed by atoms with Crippen molar-refractivity contribution >= 4 is 0 Å². The highest BCUT2D eigenvalue weighted by Crippen LogP contribution is 2.11. The van der Waals surface area contributed by atoms with E-state index in [0.29, 0.717) is 0 Å². The fraction of sp³-hybridized carbons (Fsp3) is 0.778. The Labute approximate surface area is 78.6 Å². The van der Waals surface area contributed by atoms with Gasteiger partial charge in [-0.05, 0) is 19.9 Å². The van der Waals surface area contributed by atoms with Crippen molar-refractivity contribution in [1.82, 2.24) is 19.7 Å². The van der Waals surface area contributed by atoms with Gasteiger partial charge in [-0.15, -0.1) is 10.2 Å². The van der Waals surface area contributed by atoms with Crippen molar-refractivity contribution in [2.24, 2.45) is 0 Å². The third-order valence-corrected chi connectivity index (χ3v) is 2.56. The van der Waals surface area contributed by atoms with Crippen LogP contribution in [0.1, 0.15) is 25.0 Å². The molecule has 0 spiro atoms. The summed E-state index contributed by atoms with van der Waals surface area (Å²) in [6.45, 7) is 8.56. The van der Waals surface area contributed by atoms with Crippen molar-refractivity contribution in [2.45, 2.75) is 33.4 Å². The molecule has 1 aliphatic rings. The molecular weight excluding hydrogens is 164 g/mol. The van der Waals surface area contributed by atoms with E-state index < -0.39 is 0 Å². The third kappa shape index (κ3) is 1.58. The third-order valence-electron chi connectivity index (χ3n) is 2.56. The first-order chi connectivity index (χ1) is 6.31. The highest BCUT2D eigenvalue weighted by Gasteiger charge is 2.18. The number of aromatic nitrogens is 3. The molecule has 0 aromatic carbocycles.